The highest BCUT2D eigenvalue weighted by atomic mass is 32.2. The van der Waals surface area contributed by atoms with Crippen molar-refractivity contribution in [3.63, 3.8) is 0 Å². The molecule has 1 amide bonds. The van der Waals surface area contributed by atoms with Crippen molar-refractivity contribution in [2.24, 2.45) is 7.05 Å². The largest absolute Gasteiger partial charge is 0.338 e. The van der Waals surface area contributed by atoms with Crippen LogP contribution in [0.2, 0.25) is 0 Å². The van der Waals surface area contributed by atoms with Gasteiger partial charge in [-0.15, -0.1) is 0 Å². The molecule has 0 radical (unpaired) electrons. The maximum Gasteiger partial charge on any atom is 0.244 e. The van der Waals surface area contributed by atoms with Gasteiger partial charge in [0.25, 0.3) is 0 Å². The molecule has 26 heavy (non-hydrogen) atoms. The number of aryl methyl sites for hydroxylation is 2. The standard InChI is InChI=1S/C17H23N5O3S/c1-12-15-9-14(10-18-17(15)20(2)19-12)26(24,25)21-7-3-5-13(11-21)22-8-4-6-16(22)23/h9-10,13H,3-8,11H2,1-2H3/t13-/m1/s1. The maximum atomic E-state index is 13.1. The van der Waals surface area contributed by atoms with Crippen LogP contribution in [0.1, 0.15) is 31.4 Å². The number of amides is 1. The third kappa shape index (κ3) is 2.79. The first-order valence-corrected chi connectivity index (χ1v) is 10.4. The van der Waals surface area contributed by atoms with Crippen LogP contribution in [0.15, 0.2) is 17.2 Å². The Morgan fingerprint density at radius 3 is 2.77 bits per heavy atom. The average molecular weight is 377 g/mol. The van der Waals surface area contributed by atoms with Gasteiger partial charge in [0.2, 0.25) is 15.9 Å². The predicted octanol–water partition coefficient (Wildman–Crippen LogP) is 1.05. The number of hydrogen-bond donors (Lipinski definition) is 0. The van der Waals surface area contributed by atoms with Crippen molar-refractivity contribution in [3.8, 4) is 0 Å². The van der Waals surface area contributed by atoms with Crippen molar-refractivity contribution in [1.82, 2.24) is 24.0 Å². The van der Waals surface area contributed by atoms with Crippen LogP contribution in [0.5, 0.6) is 0 Å². The Balaban J connectivity index is 1.63. The molecule has 4 rings (SSSR count). The van der Waals surface area contributed by atoms with E-state index in [1.807, 2.05) is 11.8 Å². The van der Waals surface area contributed by atoms with Gasteiger partial charge < -0.3 is 4.90 Å². The molecule has 140 valence electrons. The van der Waals surface area contributed by atoms with E-state index >= 15 is 0 Å². The second-order valence-corrected chi connectivity index (χ2v) is 9.04. The molecular formula is C17H23N5O3S. The summed E-state index contributed by atoms with van der Waals surface area (Å²) in [6, 6.07) is 1.63. The fourth-order valence-corrected chi connectivity index (χ4v) is 5.52. The number of aromatic nitrogens is 3. The smallest absolute Gasteiger partial charge is 0.244 e. The Labute approximate surface area is 152 Å². The van der Waals surface area contributed by atoms with Crippen LogP contribution >= 0.6 is 0 Å². The number of pyridine rings is 1. The van der Waals surface area contributed by atoms with Gasteiger partial charge >= 0.3 is 0 Å². The molecule has 4 heterocycles. The third-order valence-electron chi connectivity index (χ3n) is 5.39. The molecule has 0 aliphatic carbocycles. The van der Waals surface area contributed by atoms with Crippen molar-refractivity contribution in [1.29, 1.82) is 0 Å². The number of hydrogen-bond acceptors (Lipinski definition) is 5. The zero-order chi connectivity index (χ0) is 18.5. The molecule has 2 aromatic rings. The number of carbonyl (C=O) groups is 1. The van der Waals surface area contributed by atoms with E-state index in [1.165, 1.54) is 10.5 Å². The molecular weight excluding hydrogens is 354 g/mol. The zero-order valence-electron chi connectivity index (χ0n) is 15.1. The van der Waals surface area contributed by atoms with Crippen molar-refractivity contribution >= 4 is 27.0 Å². The molecule has 0 spiro atoms. The summed E-state index contributed by atoms with van der Waals surface area (Å²) < 4.78 is 29.4. The highest BCUT2D eigenvalue weighted by Crippen LogP contribution is 2.27. The van der Waals surface area contributed by atoms with Crippen molar-refractivity contribution in [2.45, 2.75) is 43.5 Å². The van der Waals surface area contributed by atoms with Crippen LogP contribution in [0, 0.1) is 6.92 Å². The first kappa shape index (κ1) is 17.4. The summed E-state index contributed by atoms with van der Waals surface area (Å²) in [6.45, 7) is 3.42. The lowest BCUT2D eigenvalue weighted by molar-refractivity contribution is -0.130. The molecule has 9 heteroatoms. The molecule has 2 saturated heterocycles. The minimum Gasteiger partial charge on any atom is -0.338 e. The molecule has 2 aromatic heterocycles. The first-order valence-electron chi connectivity index (χ1n) is 8.97. The Kier molecular flexibility index (Phi) is 4.23. The monoisotopic (exact) mass is 377 g/mol. The van der Waals surface area contributed by atoms with E-state index in [9.17, 15) is 13.2 Å². The third-order valence-corrected chi connectivity index (χ3v) is 7.22. The van der Waals surface area contributed by atoms with Crippen molar-refractivity contribution in [3.05, 3.63) is 18.0 Å². The van der Waals surface area contributed by atoms with Crippen LogP contribution in [0.4, 0.5) is 0 Å². The van der Waals surface area contributed by atoms with Gasteiger partial charge in [-0.05, 0) is 32.3 Å². The van der Waals surface area contributed by atoms with Crippen LogP contribution < -0.4 is 0 Å². The number of carbonyl (C=O) groups excluding carboxylic acids is 1. The molecule has 2 fully saturated rings. The van der Waals surface area contributed by atoms with E-state index in [-0.39, 0.29) is 16.8 Å². The lowest BCUT2D eigenvalue weighted by Crippen LogP contribution is -2.50. The topological polar surface area (TPSA) is 88.4 Å². The van der Waals surface area contributed by atoms with Gasteiger partial charge in [0, 0.05) is 50.7 Å². The number of nitrogens with zero attached hydrogens (tertiary/aromatic N) is 5. The Hall–Kier alpha value is -2.00. The fraction of sp³-hybridized carbons (Fsp3) is 0.588. The summed E-state index contributed by atoms with van der Waals surface area (Å²) in [5.74, 6) is 0.142. The summed E-state index contributed by atoms with van der Waals surface area (Å²) in [7, 11) is -1.85. The highest BCUT2D eigenvalue weighted by Gasteiger charge is 2.36. The normalized spacial score (nSPS) is 22.5. The predicted molar refractivity (Wildman–Crippen MR) is 96.0 cm³/mol. The van der Waals surface area contributed by atoms with E-state index < -0.39 is 10.0 Å². The number of fused-ring (bicyclic) bond motifs is 1. The summed E-state index contributed by atoms with van der Waals surface area (Å²) in [5.41, 5.74) is 1.42. The summed E-state index contributed by atoms with van der Waals surface area (Å²) in [5, 5.41) is 5.05. The number of sulfonamides is 1. The molecule has 1 atom stereocenters. The van der Waals surface area contributed by atoms with Crippen LogP contribution in [-0.4, -0.2) is 64.0 Å². The lowest BCUT2D eigenvalue weighted by Gasteiger charge is -2.36. The number of likely N-dealkylation sites (tertiary alicyclic amines) is 1. The van der Waals surface area contributed by atoms with E-state index in [4.69, 9.17) is 0 Å². The van der Waals surface area contributed by atoms with E-state index in [1.54, 1.807) is 17.8 Å². The summed E-state index contributed by atoms with van der Waals surface area (Å²) in [4.78, 5) is 18.4. The maximum absolute atomic E-state index is 13.1. The Bertz CT molecular complexity index is 968. The molecule has 0 aromatic carbocycles. The fourth-order valence-electron chi connectivity index (χ4n) is 4.03. The highest BCUT2D eigenvalue weighted by molar-refractivity contribution is 7.89. The van der Waals surface area contributed by atoms with Crippen molar-refractivity contribution in [2.75, 3.05) is 19.6 Å². The Morgan fingerprint density at radius 1 is 1.23 bits per heavy atom. The molecule has 0 N–H and O–H groups in total. The SMILES string of the molecule is Cc1nn(C)c2ncc(S(=O)(=O)N3CCC[C@@H](N4CCCC4=O)C3)cc12. The number of piperidine rings is 1. The molecule has 0 saturated carbocycles. The van der Waals surface area contributed by atoms with Gasteiger partial charge in [-0.3, -0.25) is 9.48 Å². The van der Waals surface area contributed by atoms with Gasteiger partial charge in [0.05, 0.1) is 5.69 Å². The minimum absolute atomic E-state index is 0.0228. The van der Waals surface area contributed by atoms with Gasteiger partial charge in [-0.25, -0.2) is 13.4 Å². The van der Waals surface area contributed by atoms with Gasteiger partial charge in [0.15, 0.2) is 5.65 Å². The molecule has 0 bridgehead atoms. The molecule has 0 unspecified atom stereocenters. The van der Waals surface area contributed by atoms with Gasteiger partial charge in [-0.1, -0.05) is 0 Å². The van der Waals surface area contributed by atoms with E-state index in [2.05, 4.69) is 10.1 Å². The first-order chi connectivity index (χ1) is 12.4. The van der Waals surface area contributed by atoms with E-state index in [0.29, 0.717) is 25.2 Å². The summed E-state index contributed by atoms with van der Waals surface area (Å²) >= 11 is 0. The number of rotatable bonds is 3. The van der Waals surface area contributed by atoms with E-state index in [0.717, 1.165) is 36.9 Å². The van der Waals surface area contributed by atoms with Crippen molar-refractivity contribution < 1.29 is 13.2 Å². The minimum atomic E-state index is -3.65. The zero-order valence-corrected chi connectivity index (χ0v) is 15.9. The quantitative estimate of drug-likeness (QED) is 0.798. The van der Waals surface area contributed by atoms with Crippen LogP contribution in [0.3, 0.4) is 0 Å². The summed E-state index contributed by atoms with van der Waals surface area (Å²) in [6.07, 6.45) is 4.46. The molecule has 8 nitrogen and oxygen atoms in total. The lowest BCUT2D eigenvalue weighted by atomic mass is 10.1. The van der Waals surface area contributed by atoms with Crippen LogP contribution in [-0.2, 0) is 21.9 Å². The second-order valence-electron chi connectivity index (χ2n) is 7.10. The average Bonchev–Trinajstić information content (AvgIpc) is 3.18. The molecule has 2 aliphatic heterocycles. The van der Waals surface area contributed by atoms with Gasteiger partial charge in [0.1, 0.15) is 4.90 Å². The second kappa shape index (κ2) is 6.31. The van der Waals surface area contributed by atoms with Crippen LogP contribution in [0.25, 0.3) is 11.0 Å². The Morgan fingerprint density at radius 2 is 2.04 bits per heavy atom. The molecule has 2 aliphatic rings. The van der Waals surface area contributed by atoms with Gasteiger partial charge in [-0.2, -0.15) is 9.40 Å².